The predicted molar refractivity (Wildman–Crippen MR) is 193 cm³/mol. The van der Waals surface area contributed by atoms with Gasteiger partial charge in [-0.3, -0.25) is 4.98 Å². The molecule has 0 N–H and O–H groups in total. The molecular weight excluding hydrogens is 617 g/mol. The Morgan fingerprint density at radius 1 is 0.708 bits per heavy atom. The summed E-state index contributed by atoms with van der Waals surface area (Å²) in [7, 11) is 1.17. The van der Waals surface area contributed by atoms with Crippen LogP contribution in [0.5, 0.6) is 17.4 Å². The zero-order chi connectivity index (χ0) is 34.3. The van der Waals surface area contributed by atoms with Gasteiger partial charge in [0.2, 0.25) is 14.2 Å². The van der Waals surface area contributed by atoms with E-state index in [2.05, 4.69) is 100 Å². The van der Waals surface area contributed by atoms with Crippen molar-refractivity contribution in [2.45, 2.75) is 88.8 Å². The highest BCUT2D eigenvalue weighted by Crippen LogP contribution is 2.48. The molecule has 8 heteroatoms. The van der Waals surface area contributed by atoms with Crippen LogP contribution in [0, 0.1) is 5.92 Å². The largest absolute Gasteiger partial charge is 0.497 e. The Balaban J connectivity index is 1.57. The minimum absolute atomic E-state index is 0.0225. The van der Waals surface area contributed by atoms with Crippen molar-refractivity contribution in [1.29, 1.82) is 0 Å². The first-order valence-corrected chi connectivity index (χ1v) is 19.4. The smallest absolute Gasteiger partial charge is 0.232 e. The lowest BCUT2D eigenvalue weighted by Crippen LogP contribution is -2.51. The van der Waals surface area contributed by atoms with Gasteiger partial charge in [0.1, 0.15) is 23.2 Å². The van der Waals surface area contributed by atoms with Crippen LogP contribution in [0.4, 0.5) is 0 Å². The van der Waals surface area contributed by atoms with Gasteiger partial charge in [-0.2, -0.15) is 0 Å². The van der Waals surface area contributed by atoms with Crippen LogP contribution >= 0.6 is 0 Å². The maximum Gasteiger partial charge on any atom is 0.232 e. The van der Waals surface area contributed by atoms with E-state index >= 15 is 0 Å². The number of hydrogen-bond donors (Lipinski definition) is 0. The lowest BCUT2D eigenvalue weighted by Gasteiger charge is -2.45. The van der Waals surface area contributed by atoms with Crippen molar-refractivity contribution in [2.75, 3.05) is 20.8 Å². The van der Waals surface area contributed by atoms with Crippen LogP contribution in [0.15, 0.2) is 97.5 Å². The molecule has 0 aliphatic heterocycles. The van der Waals surface area contributed by atoms with Crippen molar-refractivity contribution in [1.82, 2.24) is 9.97 Å². The maximum atomic E-state index is 7.52. The van der Waals surface area contributed by atoms with Gasteiger partial charge in [0.25, 0.3) is 0 Å². The molecule has 4 aromatic rings. The van der Waals surface area contributed by atoms with Crippen molar-refractivity contribution < 1.29 is 23.4 Å². The highest BCUT2D eigenvalue weighted by Gasteiger charge is 2.50. The number of rotatable bonds is 15. The van der Waals surface area contributed by atoms with Crippen LogP contribution < -0.4 is 14.2 Å². The third kappa shape index (κ3) is 7.31. The summed E-state index contributed by atoms with van der Waals surface area (Å²) in [6.45, 7) is 14.5. The number of methoxy groups -OCH3 is 2. The standard InChI is InChI=1S/C40H52N2O5Si/c1-28(2)48(29(3)4,30(5)6)47-38-25-37(46-39-26-41-22-23-42-39)24-31(38)27-45-40(32-12-10-9-11-13-32,33-14-18-35(43-7)19-15-33)34-16-20-36(44-8)21-17-34/h9-23,26,28-31,37-38H,24-25,27H2,1-8H3/t31-,37-,38+/m1/s1. The first-order chi connectivity index (χ1) is 23.1. The molecule has 3 aromatic carbocycles. The Morgan fingerprint density at radius 3 is 1.73 bits per heavy atom. The van der Waals surface area contributed by atoms with Gasteiger partial charge in [-0.05, 0) is 64.0 Å². The lowest BCUT2D eigenvalue weighted by molar-refractivity contribution is -0.0282. The van der Waals surface area contributed by atoms with E-state index in [0.29, 0.717) is 29.1 Å². The zero-order valence-corrected chi connectivity index (χ0v) is 30.8. The molecule has 48 heavy (non-hydrogen) atoms. The summed E-state index contributed by atoms with van der Waals surface area (Å²) in [5.74, 6) is 2.22. The van der Waals surface area contributed by atoms with Gasteiger partial charge in [-0.25, -0.2) is 4.98 Å². The van der Waals surface area contributed by atoms with Gasteiger partial charge in [-0.1, -0.05) is 96.1 Å². The average Bonchev–Trinajstić information content (AvgIpc) is 3.48. The number of benzene rings is 3. The molecule has 0 bridgehead atoms. The van der Waals surface area contributed by atoms with Crippen LogP contribution in [0.2, 0.25) is 16.6 Å². The van der Waals surface area contributed by atoms with Crippen LogP contribution in [0.25, 0.3) is 0 Å². The molecule has 1 heterocycles. The highest BCUT2D eigenvalue weighted by atomic mass is 28.4. The van der Waals surface area contributed by atoms with Gasteiger partial charge in [0.05, 0.1) is 33.1 Å². The average molecular weight is 669 g/mol. The minimum Gasteiger partial charge on any atom is -0.497 e. The van der Waals surface area contributed by atoms with Crippen LogP contribution in [0.3, 0.4) is 0 Å². The first-order valence-electron chi connectivity index (χ1n) is 17.2. The molecule has 0 amide bonds. The van der Waals surface area contributed by atoms with Crippen molar-refractivity contribution in [3.8, 4) is 17.4 Å². The molecule has 1 saturated carbocycles. The normalized spacial score (nSPS) is 18.4. The van der Waals surface area contributed by atoms with Gasteiger partial charge in [0, 0.05) is 24.7 Å². The van der Waals surface area contributed by atoms with E-state index in [4.69, 9.17) is 23.4 Å². The summed E-state index contributed by atoms with van der Waals surface area (Å²) in [4.78, 5) is 8.65. The molecule has 0 unspecified atom stereocenters. The summed E-state index contributed by atoms with van der Waals surface area (Å²) in [6, 6.07) is 26.9. The van der Waals surface area contributed by atoms with E-state index in [1.165, 1.54) is 0 Å². The first kappa shape index (κ1) is 35.6. The van der Waals surface area contributed by atoms with Gasteiger partial charge >= 0.3 is 0 Å². The lowest BCUT2D eigenvalue weighted by atomic mass is 9.80. The van der Waals surface area contributed by atoms with Crippen LogP contribution in [-0.2, 0) is 14.8 Å². The third-order valence-electron chi connectivity index (χ3n) is 10.2. The second-order valence-electron chi connectivity index (χ2n) is 13.8. The summed E-state index contributed by atoms with van der Waals surface area (Å²) in [6.07, 6.45) is 6.50. The Kier molecular flexibility index (Phi) is 11.6. The minimum atomic E-state index is -2.21. The Bertz CT molecular complexity index is 1480. The van der Waals surface area contributed by atoms with Crippen molar-refractivity contribution >= 4 is 8.32 Å². The highest BCUT2D eigenvalue weighted by molar-refractivity contribution is 6.77. The number of hydrogen-bond acceptors (Lipinski definition) is 7. The second-order valence-corrected chi connectivity index (χ2v) is 19.2. The molecule has 1 aliphatic rings. The van der Waals surface area contributed by atoms with Gasteiger partial charge in [0.15, 0.2) is 0 Å². The molecule has 7 nitrogen and oxygen atoms in total. The monoisotopic (exact) mass is 668 g/mol. The fraction of sp³-hybridized carbons (Fsp3) is 0.450. The number of aromatic nitrogens is 2. The van der Waals surface area contributed by atoms with E-state index in [1.54, 1.807) is 32.8 Å². The zero-order valence-electron chi connectivity index (χ0n) is 29.8. The molecule has 256 valence electrons. The third-order valence-corrected chi connectivity index (χ3v) is 16.3. The molecular formula is C40H52N2O5Si. The fourth-order valence-corrected chi connectivity index (χ4v) is 13.6. The number of nitrogens with zero attached hydrogens (tertiary/aromatic N) is 2. The summed E-state index contributed by atoms with van der Waals surface area (Å²) in [5, 5.41) is 0. The van der Waals surface area contributed by atoms with Gasteiger partial charge in [-0.15, -0.1) is 0 Å². The molecule has 0 radical (unpaired) electrons. The van der Waals surface area contributed by atoms with Crippen molar-refractivity contribution in [3.63, 3.8) is 0 Å². The van der Waals surface area contributed by atoms with E-state index in [1.807, 2.05) is 30.3 Å². The molecule has 1 aliphatic carbocycles. The predicted octanol–water partition coefficient (Wildman–Crippen LogP) is 9.22. The SMILES string of the molecule is COc1ccc(C(OC[C@H]2C[C@@H](Oc3cnccn3)C[C@@H]2O[Si](C(C)C)(C(C)C)C(C)C)(c2ccccc2)c2ccc(OC)cc2)cc1. The number of ether oxygens (including phenoxy) is 4. The summed E-state index contributed by atoms with van der Waals surface area (Å²) in [5.41, 5.74) is 3.54. The Labute approximate surface area is 288 Å². The molecule has 5 rings (SSSR count). The molecule has 0 spiro atoms. The fourth-order valence-electron chi connectivity index (χ4n) is 7.95. The molecule has 0 saturated heterocycles. The second kappa shape index (κ2) is 15.7. The topological polar surface area (TPSA) is 71.9 Å². The van der Waals surface area contributed by atoms with E-state index in [0.717, 1.165) is 41.0 Å². The summed E-state index contributed by atoms with van der Waals surface area (Å²) < 4.78 is 32.5. The van der Waals surface area contributed by atoms with Crippen LogP contribution in [-0.4, -0.2) is 51.3 Å². The van der Waals surface area contributed by atoms with Crippen LogP contribution in [0.1, 0.15) is 71.1 Å². The van der Waals surface area contributed by atoms with Crippen molar-refractivity contribution in [2.24, 2.45) is 5.92 Å². The van der Waals surface area contributed by atoms with E-state index in [9.17, 15) is 0 Å². The van der Waals surface area contributed by atoms with E-state index < -0.39 is 13.9 Å². The Morgan fingerprint density at radius 2 is 1.25 bits per heavy atom. The Hall–Kier alpha value is -3.72. The van der Waals surface area contributed by atoms with Crippen molar-refractivity contribution in [3.05, 3.63) is 114 Å². The molecule has 1 fully saturated rings. The molecule has 3 atom stereocenters. The quantitative estimate of drug-likeness (QED) is 0.0924. The van der Waals surface area contributed by atoms with Gasteiger partial charge < -0.3 is 23.4 Å². The molecule has 1 aromatic heterocycles. The van der Waals surface area contributed by atoms with E-state index in [-0.39, 0.29) is 18.1 Å². The summed E-state index contributed by atoms with van der Waals surface area (Å²) >= 11 is 0. The maximum absolute atomic E-state index is 7.52.